The average molecular weight is 228 g/mol. The van der Waals surface area contributed by atoms with Gasteiger partial charge in [-0.15, -0.1) is 0 Å². The number of ether oxygens (including phenoxy) is 2. The van der Waals surface area contributed by atoms with E-state index >= 15 is 0 Å². The SMILES string of the molecule is COc1ccc(Cl)cc1[C@H]1COC(=O)N1. The Balaban J connectivity index is 2.33. The molecule has 0 spiro atoms. The number of halogens is 1. The number of methoxy groups -OCH3 is 1. The molecule has 5 heteroatoms. The van der Waals surface area contributed by atoms with Crippen LogP contribution in [0.15, 0.2) is 18.2 Å². The normalized spacial score (nSPS) is 19.6. The lowest BCUT2D eigenvalue weighted by atomic mass is 10.1. The quantitative estimate of drug-likeness (QED) is 0.842. The Labute approximate surface area is 92.1 Å². The molecule has 1 saturated heterocycles. The van der Waals surface area contributed by atoms with Gasteiger partial charge in [-0.05, 0) is 18.2 Å². The van der Waals surface area contributed by atoms with Crippen LogP contribution in [0.5, 0.6) is 5.75 Å². The molecule has 1 atom stereocenters. The summed E-state index contributed by atoms with van der Waals surface area (Å²) in [5.41, 5.74) is 0.829. The number of hydrogen-bond acceptors (Lipinski definition) is 3. The zero-order chi connectivity index (χ0) is 10.8. The minimum absolute atomic E-state index is 0.189. The molecule has 1 aliphatic heterocycles. The number of hydrogen-bond donors (Lipinski definition) is 1. The third-order valence-corrected chi connectivity index (χ3v) is 2.48. The zero-order valence-corrected chi connectivity index (χ0v) is 8.88. The van der Waals surface area contributed by atoms with Crippen molar-refractivity contribution < 1.29 is 14.3 Å². The summed E-state index contributed by atoms with van der Waals surface area (Å²) in [4.78, 5) is 10.9. The van der Waals surface area contributed by atoms with E-state index in [-0.39, 0.29) is 6.04 Å². The van der Waals surface area contributed by atoms with E-state index in [1.807, 2.05) is 0 Å². The second-order valence-electron chi connectivity index (χ2n) is 3.18. The molecule has 0 radical (unpaired) electrons. The number of alkyl carbamates (subject to hydrolysis) is 1. The Bertz CT molecular complexity index is 394. The van der Waals surface area contributed by atoms with E-state index in [0.717, 1.165) is 5.56 Å². The standard InChI is InChI=1S/C10H10ClNO3/c1-14-9-3-2-6(11)4-7(9)8-5-15-10(13)12-8/h2-4,8H,5H2,1H3,(H,12,13)/t8-/m1/s1. The van der Waals surface area contributed by atoms with Gasteiger partial charge < -0.3 is 14.8 Å². The maximum atomic E-state index is 10.9. The van der Waals surface area contributed by atoms with Gasteiger partial charge in [-0.2, -0.15) is 0 Å². The highest BCUT2D eigenvalue weighted by molar-refractivity contribution is 6.30. The third-order valence-electron chi connectivity index (χ3n) is 2.24. The maximum absolute atomic E-state index is 10.9. The van der Waals surface area contributed by atoms with E-state index in [4.69, 9.17) is 21.1 Å². The fourth-order valence-electron chi connectivity index (χ4n) is 1.53. The first kappa shape index (κ1) is 10.1. The molecule has 4 nitrogen and oxygen atoms in total. The lowest BCUT2D eigenvalue weighted by Crippen LogP contribution is -2.18. The molecule has 2 rings (SSSR count). The number of carbonyl (C=O) groups excluding carboxylic acids is 1. The van der Waals surface area contributed by atoms with Crippen molar-refractivity contribution in [3.05, 3.63) is 28.8 Å². The number of nitrogens with one attached hydrogen (secondary N) is 1. The molecule has 1 aromatic rings. The van der Waals surface area contributed by atoms with Crippen LogP contribution in [-0.2, 0) is 4.74 Å². The van der Waals surface area contributed by atoms with Gasteiger partial charge in [-0.3, -0.25) is 0 Å². The Morgan fingerprint density at radius 2 is 2.40 bits per heavy atom. The fourth-order valence-corrected chi connectivity index (χ4v) is 1.71. The van der Waals surface area contributed by atoms with Gasteiger partial charge in [0.25, 0.3) is 0 Å². The monoisotopic (exact) mass is 227 g/mol. The van der Waals surface area contributed by atoms with Crippen molar-refractivity contribution in [3.63, 3.8) is 0 Å². The first-order chi connectivity index (χ1) is 7.20. The molecule has 0 bridgehead atoms. The topological polar surface area (TPSA) is 47.6 Å². The van der Waals surface area contributed by atoms with Gasteiger partial charge in [0.05, 0.1) is 13.2 Å². The smallest absolute Gasteiger partial charge is 0.407 e. The third kappa shape index (κ3) is 1.99. The first-order valence-corrected chi connectivity index (χ1v) is 4.85. The second-order valence-corrected chi connectivity index (χ2v) is 3.62. The summed E-state index contributed by atoms with van der Waals surface area (Å²) >= 11 is 5.88. The van der Waals surface area contributed by atoms with Crippen molar-refractivity contribution in [1.82, 2.24) is 5.32 Å². The Morgan fingerprint density at radius 1 is 1.60 bits per heavy atom. The summed E-state index contributed by atoms with van der Waals surface area (Å²) in [6.07, 6.45) is -0.415. The highest BCUT2D eigenvalue weighted by Gasteiger charge is 2.26. The van der Waals surface area contributed by atoms with Crippen molar-refractivity contribution in [1.29, 1.82) is 0 Å². The highest BCUT2D eigenvalue weighted by Crippen LogP contribution is 2.30. The predicted molar refractivity (Wildman–Crippen MR) is 55.2 cm³/mol. The van der Waals surface area contributed by atoms with Gasteiger partial charge in [-0.1, -0.05) is 11.6 Å². The van der Waals surface area contributed by atoms with Gasteiger partial charge >= 0.3 is 6.09 Å². The van der Waals surface area contributed by atoms with E-state index in [1.165, 1.54) is 0 Å². The van der Waals surface area contributed by atoms with Crippen LogP contribution in [0.1, 0.15) is 11.6 Å². The zero-order valence-electron chi connectivity index (χ0n) is 8.12. The van der Waals surface area contributed by atoms with Crippen molar-refractivity contribution in [2.24, 2.45) is 0 Å². The lowest BCUT2D eigenvalue weighted by molar-refractivity contribution is 0.177. The minimum Gasteiger partial charge on any atom is -0.496 e. The fraction of sp³-hybridized carbons (Fsp3) is 0.300. The molecule has 1 heterocycles. The van der Waals surface area contributed by atoms with Gasteiger partial charge in [0.2, 0.25) is 0 Å². The average Bonchev–Trinajstić information content (AvgIpc) is 2.65. The highest BCUT2D eigenvalue weighted by atomic mass is 35.5. The Kier molecular flexibility index (Phi) is 2.68. The Morgan fingerprint density at radius 3 is 3.00 bits per heavy atom. The van der Waals surface area contributed by atoms with Crippen LogP contribution in [-0.4, -0.2) is 19.8 Å². The minimum atomic E-state index is -0.415. The van der Waals surface area contributed by atoms with Crippen LogP contribution in [0.2, 0.25) is 5.02 Å². The summed E-state index contributed by atoms with van der Waals surface area (Å²) in [5.74, 6) is 0.690. The van der Waals surface area contributed by atoms with Gasteiger partial charge in [0.1, 0.15) is 12.4 Å². The molecule has 0 unspecified atom stereocenters. The molecule has 15 heavy (non-hydrogen) atoms. The van der Waals surface area contributed by atoms with Crippen LogP contribution < -0.4 is 10.1 Å². The molecular formula is C10H10ClNO3. The van der Waals surface area contributed by atoms with Crippen molar-refractivity contribution in [3.8, 4) is 5.75 Å². The summed E-state index contributed by atoms with van der Waals surface area (Å²) in [7, 11) is 1.57. The van der Waals surface area contributed by atoms with Crippen molar-refractivity contribution in [2.45, 2.75) is 6.04 Å². The number of cyclic esters (lactones) is 1. The largest absolute Gasteiger partial charge is 0.496 e. The molecule has 80 valence electrons. The Hall–Kier alpha value is -1.42. The number of carbonyl (C=O) groups is 1. The van der Waals surface area contributed by atoms with Gasteiger partial charge in [-0.25, -0.2) is 4.79 Å². The number of benzene rings is 1. The summed E-state index contributed by atoms with van der Waals surface area (Å²) in [6, 6.07) is 5.08. The molecule has 0 saturated carbocycles. The molecule has 0 aliphatic carbocycles. The number of rotatable bonds is 2. The van der Waals surface area contributed by atoms with E-state index in [2.05, 4.69) is 5.32 Å². The van der Waals surface area contributed by atoms with Crippen LogP contribution in [0.25, 0.3) is 0 Å². The molecule has 1 aliphatic rings. The van der Waals surface area contributed by atoms with E-state index < -0.39 is 6.09 Å². The van der Waals surface area contributed by atoms with Crippen LogP contribution in [0.3, 0.4) is 0 Å². The van der Waals surface area contributed by atoms with Crippen molar-refractivity contribution >= 4 is 17.7 Å². The van der Waals surface area contributed by atoms with E-state index in [0.29, 0.717) is 17.4 Å². The molecule has 0 aromatic heterocycles. The summed E-state index contributed by atoms with van der Waals surface area (Å²) in [5, 5.41) is 3.28. The lowest BCUT2D eigenvalue weighted by Gasteiger charge is -2.12. The summed E-state index contributed by atoms with van der Waals surface area (Å²) < 4.78 is 9.99. The van der Waals surface area contributed by atoms with Crippen LogP contribution in [0.4, 0.5) is 4.79 Å². The molecule has 1 aromatic carbocycles. The maximum Gasteiger partial charge on any atom is 0.407 e. The molecule has 1 fully saturated rings. The van der Waals surface area contributed by atoms with Gasteiger partial charge in [0.15, 0.2) is 0 Å². The molecule has 1 N–H and O–H groups in total. The second kappa shape index (κ2) is 3.98. The van der Waals surface area contributed by atoms with Crippen molar-refractivity contribution in [2.75, 3.05) is 13.7 Å². The number of amides is 1. The van der Waals surface area contributed by atoms with Gasteiger partial charge in [0, 0.05) is 10.6 Å². The molecule has 1 amide bonds. The predicted octanol–water partition coefficient (Wildman–Crippen LogP) is 2.13. The van der Waals surface area contributed by atoms with Crippen LogP contribution >= 0.6 is 11.6 Å². The summed E-state index contributed by atoms with van der Waals surface area (Å²) in [6.45, 7) is 0.301. The first-order valence-electron chi connectivity index (χ1n) is 4.47. The van der Waals surface area contributed by atoms with E-state index in [9.17, 15) is 4.79 Å². The van der Waals surface area contributed by atoms with Crippen LogP contribution in [0, 0.1) is 0 Å². The van der Waals surface area contributed by atoms with E-state index in [1.54, 1.807) is 25.3 Å². The molecular weight excluding hydrogens is 218 g/mol.